The van der Waals surface area contributed by atoms with E-state index >= 15 is 0 Å². The van der Waals surface area contributed by atoms with Crippen LogP contribution in [0.4, 0.5) is 0 Å². The summed E-state index contributed by atoms with van der Waals surface area (Å²) < 4.78 is 4.65. The van der Waals surface area contributed by atoms with Gasteiger partial charge in [0.25, 0.3) is 0 Å². The van der Waals surface area contributed by atoms with Gasteiger partial charge < -0.3 is 24.8 Å². The largest absolute Gasteiger partial charge is 1.00 e. The molecule has 108 valence electrons. The van der Waals surface area contributed by atoms with E-state index in [0.717, 1.165) is 15.5 Å². The van der Waals surface area contributed by atoms with Gasteiger partial charge in [-0.25, -0.2) is 0 Å². The Labute approximate surface area is 143 Å². The molecule has 0 N–H and O–H groups in total. The van der Waals surface area contributed by atoms with Crippen molar-refractivity contribution >= 4 is 3.21 Å². The monoisotopic (exact) mass is 386 g/mol. The van der Waals surface area contributed by atoms with E-state index in [1.54, 1.807) is 3.21 Å². The average Bonchev–Trinajstić information content (AvgIpc) is 3.00. The van der Waals surface area contributed by atoms with Gasteiger partial charge in [0.15, 0.2) is 0 Å². The van der Waals surface area contributed by atoms with Crippen LogP contribution in [0.5, 0.6) is 0 Å². The maximum absolute atomic E-state index is 2.51. The van der Waals surface area contributed by atoms with Gasteiger partial charge in [0.05, 0.1) is 0 Å². The van der Waals surface area contributed by atoms with E-state index in [9.17, 15) is 0 Å². The van der Waals surface area contributed by atoms with Gasteiger partial charge >= 0.3 is 119 Å². The van der Waals surface area contributed by atoms with Gasteiger partial charge in [-0.15, -0.1) is 0 Å². The standard InChI is InChI=1S/C9H11.C5H5.C3H6.2ClH.Zr/c1-2-5-9-7-3-6-8(9)4-1;1-2-4-5-3-1;1-3-2;;;/h1-2,4-6,8-9H,3,7H2;1-3H,4H2;1-2H3;2*1H;/q;;;;;+2/p-2. The molecule has 3 atom stereocenters. The van der Waals surface area contributed by atoms with Crippen LogP contribution in [0, 0.1) is 11.8 Å². The molecule has 3 unspecified atom stereocenters. The zero-order valence-corrected chi connectivity index (χ0v) is 16.1. The maximum Gasteiger partial charge on any atom is -1.00 e. The topological polar surface area (TPSA) is 0 Å². The van der Waals surface area contributed by atoms with Gasteiger partial charge in [0.2, 0.25) is 0 Å². The first-order valence-corrected chi connectivity index (χ1v) is 11.0. The Bertz CT molecular complexity index is 493. The first-order valence-electron chi connectivity index (χ1n) is 7.16. The van der Waals surface area contributed by atoms with Crippen LogP contribution in [0.1, 0.15) is 33.1 Å². The zero-order valence-electron chi connectivity index (χ0n) is 12.2. The van der Waals surface area contributed by atoms with Gasteiger partial charge in [-0.1, -0.05) is 0 Å². The molecule has 0 saturated heterocycles. The predicted octanol–water partition coefficient (Wildman–Crippen LogP) is -1.39. The Hall–Kier alpha value is 0.293. The number of hydrogen-bond acceptors (Lipinski definition) is 0. The molecule has 0 radical (unpaired) electrons. The number of hydrogen-bond donors (Lipinski definition) is 0. The normalized spacial score (nSPS) is 28.9. The molecule has 0 heterocycles. The average molecular weight is 388 g/mol. The zero-order chi connectivity index (χ0) is 12.5. The van der Waals surface area contributed by atoms with Crippen LogP contribution in [0.2, 0.25) is 3.63 Å². The van der Waals surface area contributed by atoms with Crippen LogP contribution in [-0.4, -0.2) is 3.21 Å². The summed E-state index contributed by atoms with van der Waals surface area (Å²) >= 11 is -1.53. The molecule has 1 saturated carbocycles. The summed E-state index contributed by atoms with van der Waals surface area (Å²) in [6, 6.07) is 0. The Morgan fingerprint density at radius 2 is 1.80 bits per heavy atom. The summed E-state index contributed by atoms with van der Waals surface area (Å²) in [6.45, 7) is 4.81. The van der Waals surface area contributed by atoms with Gasteiger partial charge in [0, 0.05) is 0 Å². The van der Waals surface area contributed by atoms with Crippen molar-refractivity contribution < 1.29 is 46.1 Å². The van der Waals surface area contributed by atoms with E-state index in [4.69, 9.17) is 0 Å². The smallest absolute Gasteiger partial charge is 1.00 e. The van der Waals surface area contributed by atoms with Crippen molar-refractivity contribution in [3.63, 3.8) is 0 Å². The molecule has 3 aliphatic carbocycles. The molecule has 0 aromatic heterocycles. The molecule has 0 aromatic carbocycles. The summed E-state index contributed by atoms with van der Waals surface area (Å²) in [4.78, 5) is 0. The third-order valence-electron chi connectivity index (χ3n) is 4.60. The third kappa shape index (κ3) is 3.54. The van der Waals surface area contributed by atoms with Gasteiger partial charge in [-0.3, -0.25) is 0 Å². The Morgan fingerprint density at radius 1 is 1.05 bits per heavy atom. The Morgan fingerprint density at radius 3 is 2.45 bits per heavy atom. The van der Waals surface area contributed by atoms with Crippen molar-refractivity contribution in [2.45, 2.75) is 36.7 Å². The molecule has 20 heavy (non-hydrogen) atoms. The maximum atomic E-state index is 2.51. The molecular weight excluding hydrogens is 366 g/mol. The molecule has 0 amide bonds. The van der Waals surface area contributed by atoms with Crippen molar-refractivity contribution in [2.24, 2.45) is 11.8 Å². The second-order valence-electron chi connectivity index (χ2n) is 5.93. The number of fused-ring (bicyclic) bond motifs is 1. The quantitative estimate of drug-likeness (QED) is 0.547. The van der Waals surface area contributed by atoms with Crippen molar-refractivity contribution in [3.05, 3.63) is 45.8 Å². The molecule has 1 fully saturated rings. The Kier molecular flexibility index (Phi) is 7.40. The van der Waals surface area contributed by atoms with Crippen molar-refractivity contribution in [1.29, 1.82) is 0 Å². The second kappa shape index (κ2) is 8.07. The minimum absolute atomic E-state index is 0. The first-order chi connectivity index (χ1) is 8.77. The van der Waals surface area contributed by atoms with Gasteiger partial charge in [-0.05, 0) is 0 Å². The fraction of sp³-hybridized carbons (Fsp3) is 0.471. The van der Waals surface area contributed by atoms with Gasteiger partial charge in [-0.2, -0.15) is 0 Å². The molecule has 0 nitrogen and oxygen atoms in total. The molecule has 3 aliphatic rings. The summed E-state index contributed by atoms with van der Waals surface area (Å²) in [5, 5.41) is 0. The van der Waals surface area contributed by atoms with E-state index in [0.29, 0.717) is 0 Å². The molecule has 0 spiro atoms. The summed E-state index contributed by atoms with van der Waals surface area (Å²) in [7, 11) is 0. The van der Waals surface area contributed by atoms with Crippen LogP contribution >= 0.6 is 0 Å². The third-order valence-corrected chi connectivity index (χ3v) is 13.3. The number of allylic oxidation sites excluding steroid dienone is 8. The molecular formula is C17H22Cl2Zr. The fourth-order valence-corrected chi connectivity index (χ4v) is 12.9. The van der Waals surface area contributed by atoms with E-state index in [1.165, 1.54) is 19.3 Å². The molecule has 3 rings (SSSR count). The van der Waals surface area contributed by atoms with Crippen LogP contribution in [0.3, 0.4) is 0 Å². The van der Waals surface area contributed by atoms with Crippen LogP contribution in [0.15, 0.2) is 45.8 Å². The molecule has 0 aromatic rings. The van der Waals surface area contributed by atoms with Crippen molar-refractivity contribution in [2.75, 3.05) is 0 Å². The Balaban J connectivity index is 0.000001000. The summed E-state index contributed by atoms with van der Waals surface area (Å²) in [5.41, 5.74) is 0. The first kappa shape index (κ1) is 18.3. The minimum atomic E-state index is -1.53. The van der Waals surface area contributed by atoms with E-state index < -0.39 is 21.3 Å². The van der Waals surface area contributed by atoms with Crippen molar-refractivity contribution in [1.82, 2.24) is 0 Å². The number of rotatable bonds is 2. The minimum Gasteiger partial charge on any atom is -1.00 e. The van der Waals surface area contributed by atoms with Crippen LogP contribution < -0.4 is 24.8 Å². The van der Waals surface area contributed by atoms with Crippen LogP contribution in [-0.2, 0) is 21.3 Å². The van der Waals surface area contributed by atoms with Crippen molar-refractivity contribution in [3.8, 4) is 0 Å². The second-order valence-corrected chi connectivity index (χ2v) is 13.8. The summed E-state index contributed by atoms with van der Waals surface area (Å²) in [5.74, 6) is 1.71. The van der Waals surface area contributed by atoms with Crippen LogP contribution in [0.25, 0.3) is 0 Å². The SMILES string of the molecule is C[C](C)=[Zr+2]([C]1=CC=CC1)[CH]1CCC2C=CC=CC21.[Cl-].[Cl-]. The summed E-state index contributed by atoms with van der Waals surface area (Å²) in [6.07, 6.45) is 20.7. The van der Waals surface area contributed by atoms with E-state index in [2.05, 4.69) is 56.4 Å². The van der Waals surface area contributed by atoms with Gasteiger partial charge in [0.1, 0.15) is 0 Å². The van der Waals surface area contributed by atoms with E-state index in [-0.39, 0.29) is 24.8 Å². The van der Waals surface area contributed by atoms with E-state index in [1.807, 2.05) is 3.28 Å². The number of halogens is 2. The molecule has 3 heteroatoms. The molecule has 0 bridgehead atoms. The predicted molar refractivity (Wildman–Crippen MR) is 76.4 cm³/mol. The molecule has 0 aliphatic heterocycles. The fourth-order valence-electron chi connectivity index (χ4n) is 3.87.